The Morgan fingerprint density at radius 3 is 1.62 bits per heavy atom. The van der Waals surface area contributed by atoms with Crippen LogP contribution >= 0.6 is 0 Å². The van der Waals surface area contributed by atoms with Crippen molar-refractivity contribution in [3.05, 3.63) is 24.6 Å². The minimum absolute atomic E-state index is 0.694. The van der Waals surface area contributed by atoms with Crippen LogP contribution in [0.5, 0.6) is 17.2 Å². The molecule has 0 fully saturated rings. The normalized spacial score (nSPS) is 10.7. The minimum Gasteiger partial charge on any atom is -0.490 e. The summed E-state index contributed by atoms with van der Waals surface area (Å²) in [5.41, 5.74) is 1.20. The Balaban J connectivity index is 3.01. The SMILES string of the molecule is [CH2]CCc1cc(OCCCC)c(OCCCC)c(OCCCC)c1. The van der Waals surface area contributed by atoms with Crippen LogP contribution in [-0.4, -0.2) is 19.8 Å². The monoisotopic (exact) mass is 335 g/mol. The van der Waals surface area contributed by atoms with E-state index in [1.54, 1.807) is 0 Å². The van der Waals surface area contributed by atoms with Crippen molar-refractivity contribution in [1.82, 2.24) is 0 Å². The molecule has 0 aliphatic carbocycles. The molecule has 0 saturated heterocycles. The van der Waals surface area contributed by atoms with Crippen molar-refractivity contribution in [2.45, 2.75) is 72.1 Å². The van der Waals surface area contributed by atoms with E-state index in [2.05, 4.69) is 39.8 Å². The van der Waals surface area contributed by atoms with Gasteiger partial charge in [-0.15, -0.1) is 0 Å². The lowest BCUT2D eigenvalue weighted by atomic mass is 10.1. The third-order valence-corrected chi connectivity index (χ3v) is 3.80. The molecule has 24 heavy (non-hydrogen) atoms. The summed E-state index contributed by atoms with van der Waals surface area (Å²) < 4.78 is 18.1. The minimum atomic E-state index is 0.694. The van der Waals surface area contributed by atoms with E-state index < -0.39 is 0 Å². The number of hydrogen-bond acceptors (Lipinski definition) is 3. The molecule has 1 aromatic rings. The molecule has 1 radical (unpaired) electrons. The van der Waals surface area contributed by atoms with Gasteiger partial charge in [-0.1, -0.05) is 47.0 Å². The van der Waals surface area contributed by atoms with Crippen molar-refractivity contribution in [2.75, 3.05) is 19.8 Å². The molecule has 0 N–H and O–H groups in total. The van der Waals surface area contributed by atoms with Gasteiger partial charge in [-0.25, -0.2) is 0 Å². The van der Waals surface area contributed by atoms with Crippen LogP contribution in [0.25, 0.3) is 0 Å². The Labute approximate surface area is 148 Å². The summed E-state index contributed by atoms with van der Waals surface area (Å²) in [7, 11) is 0. The zero-order chi connectivity index (χ0) is 17.6. The Hall–Kier alpha value is -1.38. The van der Waals surface area contributed by atoms with Gasteiger partial charge in [-0.3, -0.25) is 0 Å². The summed E-state index contributed by atoms with van der Waals surface area (Å²) in [6.07, 6.45) is 8.23. The summed E-state index contributed by atoms with van der Waals surface area (Å²) in [6, 6.07) is 4.18. The molecule has 0 aliphatic heterocycles. The molecule has 0 unspecified atom stereocenters. The maximum Gasteiger partial charge on any atom is 0.203 e. The first-order valence-electron chi connectivity index (χ1n) is 9.61. The van der Waals surface area contributed by atoms with E-state index in [4.69, 9.17) is 14.2 Å². The van der Waals surface area contributed by atoms with Crippen LogP contribution in [0, 0.1) is 6.92 Å². The summed E-state index contributed by atoms with van der Waals surface area (Å²) in [6.45, 7) is 12.6. The second-order valence-electron chi connectivity index (χ2n) is 6.13. The highest BCUT2D eigenvalue weighted by Crippen LogP contribution is 2.39. The molecule has 0 spiro atoms. The Morgan fingerprint density at radius 2 is 1.21 bits per heavy atom. The van der Waals surface area contributed by atoms with E-state index >= 15 is 0 Å². The fraction of sp³-hybridized carbons (Fsp3) is 0.667. The zero-order valence-electron chi connectivity index (χ0n) is 15.9. The van der Waals surface area contributed by atoms with Gasteiger partial charge in [0.1, 0.15) is 0 Å². The highest BCUT2D eigenvalue weighted by molar-refractivity contribution is 5.54. The fourth-order valence-electron chi connectivity index (χ4n) is 2.31. The van der Waals surface area contributed by atoms with E-state index in [0.717, 1.165) is 68.6 Å². The second kappa shape index (κ2) is 13.0. The zero-order valence-corrected chi connectivity index (χ0v) is 15.9. The summed E-state index contributed by atoms with van der Waals surface area (Å²) >= 11 is 0. The first kappa shape index (κ1) is 20.7. The highest BCUT2D eigenvalue weighted by Gasteiger charge is 2.15. The molecule has 3 nitrogen and oxygen atoms in total. The molecule has 0 bridgehead atoms. The maximum atomic E-state index is 6.04. The van der Waals surface area contributed by atoms with Gasteiger partial charge < -0.3 is 14.2 Å². The van der Waals surface area contributed by atoms with Crippen LogP contribution < -0.4 is 14.2 Å². The maximum absolute atomic E-state index is 6.04. The molecule has 0 saturated carbocycles. The fourth-order valence-corrected chi connectivity index (χ4v) is 2.31. The van der Waals surface area contributed by atoms with Gasteiger partial charge in [-0.05, 0) is 49.8 Å². The van der Waals surface area contributed by atoms with Crippen LogP contribution in [0.3, 0.4) is 0 Å². The molecule has 0 atom stereocenters. The van der Waals surface area contributed by atoms with Gasteiger partial charge in [0.2, 0.25) is 5.75 Å². The predicted octanol–water partition coefficient (Wildman–Crippen LogP) is 5.99. The average molecular weight is 336 g/mol. The van der Waals surface area contributed by atoms with E-state index in [1.165, 1.54) is 5.56 Å². The first-order valence-corrected chi connectivity index (χ1v) is 9.61. The van der Waals surface area contributed by atoms with Gasteiger partial charge in [0.25, 0.3) is 0 Å². The van der Waals surface area contributed by atoms with E-state index in [0.29, 0.717) is 19.8 Å². The Kier molecular flexibility index (Phi) is 11.2. The van der Waals surface area contributed by atoms with Crippen LogP contribution in [-0.2, 0) is 6.42 Å². The van der Waals surface area contributed by atoms with Crippen molar-refractivity contribution in [3.8, 4) is 17.2 Å². The molecule has 137 valence electrons. The van der Waals surface area contributed by atoms with Crippen molar-refractivity contribution in [3.63, 3.8) is 0 Å². The van der Waals surface area contributed by atoms with Crippen molar-refractivity contribution >= 4 is 0 Å². The number of hydrogen-bond donors (Lipinski definition) is 0. The van der Waals surface area contributed by atoms with Crippen molar-refractivity contribution in [1.29, 1.82) is 0 Å². The molecule has 0 amide bonds. The van der Waals surface area contributed by atoms with Gasteiger partial charge in [-0.2, -0.15) is 0 Å². The van der Waals surface area contributed by atoms with Gasteiger partial charge in [0.15, 0.2) is 11.5 Å². The van der Waals surface area contributed by atoms with Gasteiger partial charge in [0.05, 0.1) is 19.8 Å². The van der Waals surface area contributed by atoms with E-state index in [-0.39, 0.29) is 0 Å². The highest BCUT2D eigenvalue weighted by atomic mass is 16.5. The molecular formula is C21H35O3. The van der Waals surface area contributed by atoms with Crippen LogP contribution in [0.15, 0.2) is 12.1 Å². The predicted molar refractivity (Wildman–Crippen MR) is 101 cm³/mol. The number of rotatable bonds is 14. The molecular weight excluding hydrogens is 300 g/mol. The van der Waals surface area contributed by atoms with Crippen LogP contribution in [0.2, 0.25) is 0 Å². The van der Waals surface area contributed by atoms with E-state index in [1.807, 2.05) is 0 Å². The third kappa shape index (κ3) is 7.46. The Bertz CT molecular complexity index is 412. The van der Waals surface area contributed by atoms with Crippen molar-refractivity contribution in [2.24, 2.45) is 0 Å². The quantitative estimate of drug-likeness (QED) is 0.391. The summed E-state index contributed by atoms with van der Waals surface area (Å²) in [5, 5.41) is 0. The summed E-state index contributed by atoms with van der Waals surface area (Å²) in [4.78, 5) is 0. The van der Waals surface area contributed by atoms with Gasteiger partial charge in [0, 0.05) is 0 Å². The molecule has 1 aromatic carbocycles. The molecule has 3 heteroatoms. The molecule has 0 aliphatic rings. The lowest BCUT2D eigenvalue weighted by Crippen LogP contribution is -2.06. The molecule has 0 heterocycles. The number of benzene rings is 1. The lowest BCUT2D eigenvalue weighted by molar-refractivity contribution is 0.237. The van der Waals surface area contributed by atoms with Crippen LogP contribution in [0.1, 0.15) is 71.3 Å². The smallest absolute Gasteiger partial charge is 0.203 e. The van der Waals surface area contributed by atoms with Gasteiger partial charge >= 0.3 is 0 Å². The second-order valence-corrected chi connectivity index (χ2v) is 6.13. The topological polar surface area (TPSA) is 27.7 Å². The lowest BCUT2D eigenvalue weighted by Gasteiger charge is -2.18. The molecule has 1 rings (SSSR count). The largest absolute Gasteiger partial charge is 0.490 e. The van der Waals surface area contributed by atoms with E-state index in [9.17, 15) is 0 Å². The van der Waals surface area contributed by atoms with Crippen LogP contribution in [0.4, 0.5) is 0 Å². The Morgan fingerprint density at radius 1 is 0.750 bits per heavy atom. The first-order chi connectivity index (χ1) is 11.8. The average Bonchev–Trinajstić information content (AvgIpc) is 2.58. The van der Waals surface area contributed by atoms with Crippen molar-refractivity contribution < 1.29 is 14.2 Å². The number of ether oxygens (including phenoxy) is 3. The summed E-state index contributed by atoms with van der Waals surface area (Å²) in [5.74, 6) is 2.40. The number of unbranched alkanes of at least 4 members (excludes halogenated alkanes) is 3. The number of aryl methyl sites for hydroxylation is 1. The molecule has 0 aromatic heterocycles. The third-order valence-electron chi connectivity index (χ3n) is 3.80. The standard InChI is InChI=1S/C21H35O3/c1-5-9-13-22-19-16-18(12-8-4)17-20(23-14-10-6-2)21(19)24-15-11-7-3/h16-17H,4-15H2,1-3H3.